The molecule has 0 fully saturated rings. The SMILES string of the molecule is CC(C)C(=O)Nc1cc(-c2nc3cc(Cl)ccc3o2)ccc1Cl. The summed E-state index contributed by atoms with van der Waals surface area (Å²) in [6.45, 7) is 3.63. The zero-order valence-corrected chi connectivity index (χ0v) is 14.1. The lowest BCUT2D eigenvalue weighted by molar-refractivity contribution is -0.118. The Morgan fingerprint density at radius 2 is 1.96 bits per heavy atom. The fourth-order valence-electron chi connectivity index (χ4n) is 2.06. The van der Waals surface area contributed by atoms with Crippen molar-refractivity contribution in [2.45, 2.75) is 13.8 Å². The number of amides is 1. The van der Waals surface area contributed by atoms with Crippen LogP contribution in [0.2, 0.25) is 10.0 Å². The molecule has 1 aromatic heterocycles. The van der Waals surface area contributed by atoms with Crippen molar-refractivity contribution in [2.24, 2.45) is 5.92 Å². The largest absolute Gasteiger partial charge is 0.436 e. The molecule has 1 N–H and O–H groups in total. The minimum Gasteiger partial charge on any atom is -0.436 e. The van der Waals surface area contributed by atoms with E-state index in [1.165, 1.54) is 0 Å². The topological polar surface area (TPSA) is 55.1 Å². The standard InChI is InChI=1S/C17H14Cl2N2O2/c1-9(2)16(22)20-13-7-10(3-5-12(13)19)17-21-14-8-11(18)4-6-15(14)23-17/h3-9H,1-2H3,(H,20,22). The van der Waals surface area contributed by atoms with Crippen molar-refractivity contribution in [3.05, 3.63) is 46.4 Å². The Labute approximate surface area is 143 Å². The van der Waals surface area contributed by atoms with Crippen LogP contribution in [0.5, 0.6) is 0 Å². The van der Waals surface area contributed by atoms with Crippen molar-refractivity contribution >= 4 is 45.9 Å². The van der Waals surface area contributed by atoms with E-state index >= 15 is 0 Å². The maximum absolute atomic E-state index is 11.9. The average molecular weight is 349 g/mol. The fraction of sp³-hybridized carbons (Fsp3) is 0.176. The summed E-state index contributed by atoms with van der Waals surface area (Å²) in [7, 11) is 0. The number of oxazole rings is 1. The number of fused-ring (bicyclic) bond motifs is 1. The van der Waals surface area contributed by atoms with Crippen molar-refractivity contribution in [3.8, 4) is 11.5 Å². The van der Waals surface area contributed by atoms with Gasteiger partial charge in [-0.2, -0.15) is 0 Å². The molecule has 0 saturated heterocycles. The van der Waals surface area contributed by atoms with Crippen molar-refractivity contribution in [1.29, 1.82) is 0 Å². The van der Waals surface area contributed by atoms with E-state index in [1.807, 2.05) is 13.8 Å². The third-order valence-corrected chi connectivity index (χ3v) is 3.91. The molecule has 0 aliphatic rings. The highest BCUT2D eigenvalue weighted by atomic mass is 35.5. The third-order valence-electron chi connectivity index (χ3n) is 3.35. The summed E-state index contributed by atoms with van der Waals surface area (Å²) >= 11 is 12.1. The van der Waals surface area contributed by atoms with Crippen LogP contribution >= 0.6 is 23.2 Å². The number of hydrogen-bond donors (Lipinski definition) is 1. The van der Waals surface area contributed by atoms with E-state index in [4.69, 9.17) is 27.6 Å². The van der Waals surface area contributed by atoms with Gasteiger partial charge in [-0.3, -0.25) is 4.79 Å². The Balaban J connectivity index is 2.00. The molecular formula is C17H14Cl2N2O2. The van der Waals surface area contributed by atoms with Gasteiger partial charge in [-0.25, -0.2) is 4.98 Å². The van der Waals surface area contributed by atoms with E-state index in [0.717, 1.165) is 5.56 Å². The van der Waals surface area contributed by atoms with Crippen LogP contribution in [-0.4, -0.2) is 10.9 Å². The lowest BCUT2D eigenvalue weighted by atomic mass is 10.1. The number of carbonyl (C=O) groups is 1. The molecule has 3 rings (SSSR count). The minimum atomic E-state index is -0.138. The highest BCUT2D eigenvalue weighted by molar-refractivity contribution is 6.33. The molecule has 3 aromatic rings. The molecule has 118 valence electrons. The molecule has 0 aliphatic carbocycles. The van der Waals surface area contributed by atoms with Gasteiger partial charge in [0.05, 0.1) is 10.7 Å². The second-order valence-electron chi connectivity index (χ2n) is 5.47. The van der Waals surface area contributed by atoms with Crippen LogP contribution in [0.25, 0.3) is 22.6 Å². The molecule has 0 aliphatic heterocycles. The number of hydrogen-bond acceptors (Lipinski definition) is 3. The second kappa shape index (κ2) is 6.22. The van der Waals surface area contributed by atoms with Crippen LogP contribution in [0.4, 0.5) is 5.69 Å². The van der Waals surface area contributed by atoms with Crippen LogP contribution < -0.4 is 5.32 Å². The maximum atomic E-state index is 11.9. The van der Waals surface area contributed by atoms with E-state index < -0.39 is 0 Å². The Morgan fingerprint density at radius 1 is 1.17 bits per heavy atom. The first-order valence-corrected chi connectivity index (χ1v) is 7.86. The van der Waals surface area contributed by atoms with Gasteiger partial charge in [-0.15, -0.1) is 0 Å². The molecule has 1 amide bonds. The van der Waals surface area contributed by atoms with Gasteiger partial charge in [-0.05, 0) is 36.4 Å². The summed E-state index contributed by atoms with van der Waals surface area (Å²) in [6, 6.07) is 10.5. The monoisotopic (exact) mass is 348 g/mol. The van der Waals surface area contributed by atoms with Crippen molar-refractivity contribution in [3.63, 3.8) is 0 Å². The van der Waals surface area contributed by atoms with Crippen molar-refractivity contribution < 1.29 is 9.21 Å². The summed E-state index contributed by atoms with van der Waals surface area (Å²) in [5.74, 6) is 0.202. The number of carbonyl (C=O) groups excluding carboxylic acids is 1. The molecule has 0 saturated carbocycles. The number of nitrogens with one attached hydrogen (secondary N) is 1. The highest BCUT2D eigenvalue weighted by Gasteiger charge is 2.13. The van der Waals surface area contributed by atoms with E-state index in [-0.39, 0.29) is 11.8 Å². The first-order chi connectivity index (χ1) is 10.9. The normalized spacial score (nSPS) is 11.2. The zero-order chi connectivity index (χ0) is 16.6. The Bertz CT molecular complexity index is 887. The molecular weight excluding hydrogens is 335 g/mol. The molecule has 1 heterocycles. The van der Waals surface area contributed by atoms with Gasteiger partial charge in [0, 0.05) is 16.5 Å². The van der Waals surface area contributed by atoms with Gasteiger partial charge >= 0.3 is 0 Å². The second-order valence-corrected chi connectivity index (χ2v) is 6.31. The molecule has 4 nitrogen and oxygen atoms in total. The summed E-state index contributed by atoms with van der Waals surface area (Å²) < 4.78 is 5.73. The maximum Gasteiger partial charge on any atom is 0.227 e. The van der Waals surface area contributed by atoms with E-state index in [1.54, 1.807) is 36.4 Å². The Morgan fingerprint density at radius 3 is 2.70 bits per heavy atom. The summed E-state index contributed by atoms with van der Waals surface area (Å²) in [5, 5.41) is 3.86. The van der Waals surface area contributed by atoms with Gasteiger partial charge in [0.1, 0.15) is 5.52 Å². The lowest BCUT2D eigenvalue weighted by Gasteiger charge is -2.10. The van der Waals surface area contributed by atoms with Gasteiger partial charge < -0.3 is 9.73 Å². The zero-order valence-electron chi connectivity index (χ0n) is 12.6. The van der Waals surface area contributed by atoms with E-state index in [9.17, 15) is 4.79 Å². The van der Waals surface area contributed by atoms with Crippen molar-refractivity contribution in [2.75, 3.05) is 5.32 Å². The third kappa shape index (κ3) is 3.33. The first-order valence-electron chi connectivity index (χ1n) is 7.11. The molecule has 23 heavy (non-hydrogen) atoms. The average Bonchev–Trinajstić information content (AvgIpc) is 2.92. The molecule has 2 aromatic carbocycles. The number of anilines is 1. The highest BCUT2D eigenvalue weighted by Crippen LogP contribution is 2.31. The number of halogens is 2. The Kier molecular flexibility index (Phi) is 4.28. The predicted octanol–water partition coefficient (Wildman–Crippen LogP) is 5.40. The van der Waals surface area contributed by atoms with Crippen molar-refractivity contribution in [1.82, 2.24) is 4.98 Å². The summed E-state index contributed by atoms with van der Waals surface area (Å²) in [5.41, 5.74) is 2.58. The molecule has 0 atom stereocenters. The molecule has 6 heteroatoms. The van der Waals surface area contributed by atoms with Crippen LogP contribution in [0.3, 0.4) is 0 Å². The minimum absolute atomic E-state index is 0.103. The Hall–Kier alpha value is -2.04. The quantitative estimate of drug-likeness (QED) is 0.689. The molecule has 0 unspecified atom stereocenters. The number of rotatable bonds is 3. The van der Waals surface area contributed by atoms with Gasteiger partial charge in [-0.1, -0.05) is 37.0 Å². The van der Waals surface area contributed by atoms with Crippen LogP contribution in [0.1, 0.15) is 13.8 Å². The summed E-state index contributed by atoms with van der Waals surface area (Å²) in [4.78, 5) is 16.3. The van der Waals surface area contributed by atoms with Gasteiger partial charge in [0.15, 0.2) is 5.58 Å². The predicted molar refractivity (Wildman–Crippen MR) is 92.9 cm³/mol. The number of aromatic nitrogens is 1. The van der Waals surface area contributed by atoms with Crippen LogP contribution in [-0.2, 0) is 4.79 Å². The molecule has 0 spiro atoms. The molecule has 0 bridgehead atoms. The van der Waals surface area contributed by atoms with E-state index in [0.29, 0.717) is 32.7 Å². The van der Waals surface area contributed by atoms with Gasteiger partial charge in [0.25, 0.3) is 0 Å². The number of nitrogens with zero attached hydrogens (tertiary/aromatic N) is 1. The van der Waals surface area contributed by atoms with E-state index in [2.05, 4.69) is 10.3 Å². The van der Waals surface area contributed by atoms with Crippen LogP contribution in [0, 0.1) is 5.92 Å². The summed E-state index contributed by atoms with van der Waals surface area (Å²) in [6.07, 6.45) is 0. The fourth-order valence-corrected chi connectivity index (χ4v) is 2.39. The van der Waals surface area contributed by atoms with Gasteiger partial charge in [0.2, 0.25) is 11.8 Å². The first kappa shape index (κ1) is 15.8. The lowest BCUT2D eigenvalue weighted by Crippen LogP contribution is -2.17. The van der Waals surface area contributed by atoms with Crippen LogP contribution in [0.15, 0.2) is 40.8 Å². The molecule has 0 radical (unpaired) electrons. The smallest absolute Gasteiger partial charge is 0.227 e. The number of benzene rings is 2.